The highest BCUT2D eigenvalue weighted by Crippen LogP contribution is 2.33. The number of nitrogens with one attached hydrogen (secondary N) is 1. The largest absolute Gasteiger partial charge is 0.497 e. The summed E-state index contributed by atoms with van der Waals surface area (Å²) in [6.07, 6.45) is 2.30. The average Bonchev–Trinajstić information content (AvgIpc) is 3.69. The van der Waals surface area contributed by atoms with Gasteiger partial charge >= 0.3 is 6.03 Å². The SMILES string of the molecule is COc1cccc(NC(=O)N(CCCN2CCOCC2)CC(=O)N(Cc2ccc3c(c2)OCO3)Cc2ccco2)c1. The molecular weight excluding hydrogens is 528 g/mol. The molecule has 0 saturated carbocycles. The van der Waals surface area contributed by atoms with Crippen molar-refractivity contribution in [1.29, 1.82) is 0 Å². The van der Waals surface area contributed by atoms with Gasteiger partial charge < -0.3 is 38.5 Å². The Morgan fingerprint density at radius 1 is 0.976 bits per heavy atom. The molecule has 1 saturated heterocycles. The lowest BCUT2D eigenvalue weighted by molar-refractivity contribution is -0.133. The lowest BCUT2D eigenvalue weighted by Crippen LogP contribution is -2.45. The Morgan fingerprint density at radius 2 is 1.83 bits per heavy atom. The Kier molecular flexibility index (Phi) is 9.61. The number of carbonyl (C=O) groups excluding carboxylic acids is 2. The van der Waals surface area contributed by atoms with Crippen LogP contribution in [0.4, 0.5) is 10.5 Å². The highest BCUT2D eigenvalue weighted by Gasteiger charge is 2.24. The normalized spacial score (nSPS) is 14.5. The first-order valence-corrected chi connectivity index (χ1v) is 13.8. The number of urea groups is 1. The third-order valence-electron chi connectivity index (χ3n) is 7.03. The molecule has 1 N–H and O–H groups in total. The van der Waals surface area contributed by atoms with E-state index in [0.29, 0.717) is 55.0 Å². The first kappa shape index (κ1) is 28.3. The molecule has 3 aromatic rings. The molecule has 2 aromatic carbocycles. The van der Waals surface area contributed by atoms with Crippen LogP contribution in [-0.2, 0) is 22.6 Å². The third kappa shape index (κ3) is 7.92. The highest BCUT2D eigenvalue weighted by molar-refractivity contribution is 5.92. The van der Waals surface area contributed by atoms with E-state index in [4.69, 9.17) is 23.4 Å². The predicted molar refractivity (Wildman–Crippen MR) is 151 cm³/mol. The predicted octanol–water partition coefficient (Wildman–Crippen LogP) is 3.80. The molecule has 0 atom stereocenters. The van der Waals surface area contributed by atoms with Crippen molar-refractivity contribution in [2.24, 2.45) is 0 Å². The number of rotatable bonds is 12. The van der Waals surface area contributed by atoms with E-state index in [9.17, 15) is 9.59 Å². The molecule has 2 aliphatic rings. The summed E-state index contributed by atoms with van der Waals surface area (Å²) in [5, 5.41) is 2.93. The molecule has 0 unspecified atom stereocenters. The van der Waals surface area contributed by atoms with Gasteiger partial charge in [0.15, 0.2) is 11.5 Å². The van der Waals surface area contributed by atoms with Gasteiger partial charge in [0, 0.05) is 44.5 Å². The molecule has 41 heavy (non-hydrogen) atoms. The average molecular weight is 565 g/mol. The molecule has 0 radical (unpaired) electrons. The van der Waals surface area contributed by atoms with Gasteiger partial charge in [-0.15, -0.1) is 0 Å². The zero-order valence-electron chi connectivity index (χ0n) is 23.3. The minimum Gasteiger partial charge on any atom is -0.497 e. The van der Waals surface area contributed by atoms with Crippen molar-refractivity contribution in [3.8, 4) is 17.2 Å². The second kappa shape index (κ2) is 13.9. The number of hydrogen-bond donors (Lipinski definition) is 1. The first-order valence-electron chi connectivity index (χ1n) is 13.8. The fraction of sp³-hybridized carbons (Fsp3) is 0.400. The second-order valence-corrected chi connectivity index (χ2v) is 9.91. The molecule has 1 fully saturated rings. The van der Waals surface area contributed by atoms with E-state index in [1.54, 1.807) is 47.4 Å². The van der Waals surface area contributed by atoms with E-state index in [2.05, 4.69) is 10.2 Å². The molecule has 3 amide bonds. The van der Waals surface area contributed by atoms with Crippen LogP contribution in [0.2, 0.25) is 0 Å². The molecular formula is C30H36N4O7. The Labute approximate surface area is 239 Å². The van der Waals surface area contributed by atoms with Crippen molar-refractivity contribution in [1.82, 2.24) is 14.7 Å². The molecule has 0 aliphatic carbocycles. The van der Waals surface area contributed by atoms with Gasteiger partial charge in [0.1, 0.15) is 18.1 Å². The van der Waals surface area contributed by atoms with Crippen molar-refractivity contribution < 1.29 is 33.0 Å². The second-order valence-electron chi connectivity index (χ2n) is 9.91. The van der Waals surface area contributed by atoms with E-state index in [-0.39, 0.29) is 31.8 Å². The maximum absolute atomic E-state index is 13.8. The number of amides is 3. The highest BCUT2D eigenvalue weighted by atomic mass is 16.7. The fourth-order valence-electron chi connectivity index (χ4n) is 4.81. The van der Waals surface area contributed by atoms with Crippen molar-refractivity contribution in [2.45, 2.75) is 19.5 Å². The number of fused-ring (bicyclic) bond motifs is 1. The summed E-state index contributed by atoms with van der Waals surface area (Å²) in [4.78, 5) is 32.8. The van der Waals surface area contributed by atoms with E-state index in [0.717, 1.165) is 31.6 Å². The van der Waals surface area contributed by atoms with Crippen molar-refractivity contribution >= 4 is 17.6 Å². The summed E-state index contributed by atoms with van der Waals surface area (Å²) >= 11 is 0. The van der Waals surface area contributed by atoms with Gasteiger partial charge in [-0.3, -0.25) is 9.69 Å². The Balaban J connectivity index is 1.30. The van der Waals surface area contributed by atoms with Crippen molar-refractivity contribution in [3.63, 3.8) is 0 Å². The number of hydrogen-bond acceptors (Lipinski definition) is 8. The molecule has 0 bridgehead atoms. The number of furan rings is 1. The molecule has 11 nitrogen and oxygen atoms in total. The van der Waals surface area contributed by atoms with Gasteiger partial charge in [-0.1, -0.05) is 12.1 Å². The summed E-state index contributed by atoms with van der Waals surface area (Å²) in [5.41, 5.74) is 1.47. The summed E-state index contributed by atoms with van der Waals surface area (Å²) in [5.74, 6) is 2.41. The zero-order valence-corrected chi connectivity index (χ0v) is 23.3. The standard InChI is InChI=1S/C30H36N4O7/c1-37-25-6-2-5-24(18-25)31-30(36)33(11-4-10-32-12-15-38-16-13-32)21-29(35)34(20-26-7-3-14-39-26)19-23-8-9-27-28(17-23)41-22-40-27/h2-3,5-9,14,17-18H,4,10-13,15-16,19-22H2,1H3,(H,31,36). The Bertz CT molecular complexity index is 1290. The first-order chi connectivity index (χ1) is 20.1. The number of nitrogens with zero attached hydrogens (tertiary/aromatic N) is 3. The van der Waals surface area contributed by atoms with E-state index in [1.807, 2.05) is 30.3 Å². The maximum Gasteiger partial charge on any atom is 0.322 e. The zero-order chi connectivity index (χ0) is 28.4. The lowest BCUT2D eigenvalue weighted by Gasteiger charge is -2.30. The molecule has 218 valence electrons. The summed E-state index contributed by atoms with van der Waals surface area (Å²) in [6.45, 7) is 5.03. The smallest absolute Gasteiger partial charge is 0.322 e. The lowest BCUT2D eigenvalue weighted by atomic mass is 10.2. The van der Waals surface area contributed by atoms with E-state index < -0.39 is 0 Å². The van der Waals surface area contributed by atoms with Gasteiger partial charge in [0.05, 0.1) is 33.1 Å². The molecule has 3 heterocycles. The minimum atomic E-state index is -0.352. The van der Waals surface area contributed by atoms with Crippen LogP contribution in [0, 0.1) is 0 Å². The van der Waals surface area contributed by atoms with Gasteiger partial charge in [0.25, 0.3) is 0 Å². The quantitative estimate of drug-likeness (QED) is 0.354. The van der Waals surface area contributed by atoms with Crippen LogP contribution in [0.5, 0.6) is 17.2 Å². The van der Waals surface area contributed by atoms with Crippen LogP contribution >= 0.6 is 0 Å². The molecule has 11 heteroatoms. The summed E-state index contributed by atoms with van der Waals surface area (Å²) in [6, 6.07) is 16.0. The van der Waals surface area contributed by atoms with Gasteiger partial charge in [-0.2, -0.15) is 0 Å². The van der Waals surface area contributed by atoms with Crippen LogP contribution in [-0.4, -0.2) is 86.5 Å². The van der Waals surface area contributed by atoms with Crippen LogP contribution in [0.15, 0.2) is 65.3 Å². The monoisotopic (exact) mass is 564 g/mol. The number of carbonyl (C=O) groups is 2. The van der Waals surface area contributed by atoms with Crippen molar-refractivity contribution in [2.75, 3.05) is 65.2 Å². The van der Waals surface area contributed by atoms with Crippen molar-refractivity contribution in [3.05, 3.63) is 72.2 Å². The van der Waals surface area contributed by atoms with Gasteiger partial charge in [0.2, 0.25) is 12.7 Å². The number of methoxy groups -OCH3 is 1. The fourth-order valence-corrected chi connectivity index (χ4v) is 4.81. The topological polar surface area (TPSA) is 106 Å². The minimum absolute atomic E-state index is 0.0931. The number of anilines is 1. The van der Waals surface area contributed by atoms with Crippen LogP contribution in [0.1, 0.15) is 17.7 Å². The summed E-state index contributed by atoms with van der Waals surface area (Å²) < 4.78 is 27.2. The number of benzene rings is 2. The van der Waals surface area contributed by atoms with Crippen LogP contribution in [0.25, 0.3) is 0 Å². The molecule has 0 spiro atoms. The molecule has 5 rings (SSSR count). The maximum atomic E-state index is 13.8. The van der Waals surface area contributed by atoms with Gasteiger partial charge in [-0.25, -0.2) is 4.79 Å². The number of morpholine rings is 1. The van der Waals surface area contributed by atoms with E-state index in [1.165, 1.54) is 0 Å². The van der Waals surface area contributed by atoms with Gasteiger partial charge in [-0.05, 0) is 48.4 Å². The van der Waals surface area contributed by atoms with Crippen LogP contribution in [0.3, 0.4) is 0 Å². The third-order valence-corrected chi connectivity index (χ3v) is 7.03. The Hall–Kier alpha value is -4.22. The summed E-state index contributed by atoms with van der Waals surface area (Å²) in [7, 11) is 1.57. The molecule has 2 aliphatic heterocycles. The molecule has 1 aromatic heterocycles. The number of ether oxygens (including phenoxy) is 4. The Morgan fingerprint density at radius 3 is 2.63 bits per heavy atom. The van der Waals surface area contributed by atoms with E-state index >= 15 is 0 Å². The van der Waals surface area contributed by atoms with Crippen LogP contribution < -0.4 is 19.5 Å².